The van der Waals surface area contributed by atoms with Crippen molar-refractivity contribution in [1.82, 2.24) is 9.88 Å². The Morgan fingerprint density at radius 3 is 2.52 bits per heavy atom. The molecular formula is C20H17Cl2N3O2. The number of nitrogens with zero attached hydrogens (tertiary/aromatic N) is 3. The quantitative estimate of drug-likeness (QED) is 0.698. The van der Waals surface area contributed by atoms with E-state index < -0.39 is 0 Å². The minimum atomic E-state index is -0.0918. The molecule has 1 fully saturated rings. The number of piperazine rings is 1. The highest BCUT2D eigenvalue weighted by molar-refractivity contribution is 6.36. The van der Waals surface area contributed by atoms with E-state index in [1.54, 1.807) is 17.2 Å². The summed E-state index contributed by atoms with van der Waals surface area (Å²) in [6.07, 6.45) is 1.57. The largest absolute Gasteiger partial charge is 0.507 e. The molecule has 0 aliphatic carbocycles. The molecule has 4 rings (SSSR count). The predicted molar refractivity (Wildman–Crippen MR) is 108 cm³/mol. The highest BCUT2D eigenvalue weighted by atomic mass is 35.5. The van der Waals surface area contributed by atoms with Crippen molar-refractivity contribution in [3.05, 3.63) is 64.3 Å². The monoisotopic (exact) mass is 401 g/mol. The van der Waals surface area contributed by atoms with Crippen LogP contribution < -0.4 is 4.90 Å². The Kier molecular flexibility index (Phi) is 4.81. The number of hydrogen-bond acceptors (Lipinski definition) is 4. The lowest BCUT2D eigenvalue weighted by atomic mass is 10.0. The van der Waals surface area contributed by atoms with Gasteiger partial charge in [-0.15, -0.1) is 0 Å². The van der Waals surface area contributed by atoms with E-state index in [2.05, 4.69) is 4.98 Å². The van der Waals surface area contributed by atoms with Gasteiger partial charge in [0.25, 0.3) is 5.91 Å². The molecule has 0 unspecified atom stereocenters. The summed E-state index contributed by atoms with van der Waals surface area (Å²) in [4.78, 5) is 21.0. The van der Waals surface area contributed by atoms with Gasteiger partial charge in [0.2, 0.25) is 0 Å². The van der Waals surface area contributed by atoms with Gasteiger partial charge in [0, 0.05) is 43.3 Å². The Balaban J connectivity index is 1.50. The van der Waals surface area contributed by atoms with Crippen molar-refractivity contribution in [2.24, 2.45) is 0 Å². The van der Waals surface area contributed by atoms with Crippen LogP contribution in [0.1, 0.15) is 10.4 Å². The second-order valence-electron chi connectivity index (χ2n) is 6.45. The average molecular weight is 402 g/mol. The number of aromatic nitrogens is 1. The van der Waals surface area contributed by atoms with Crippen LogP contribution in [0.3, 0.4) is 0 Å². The van der Waals surface area contributed by atoms with Gasteiger partial charge in [-0.1, -0.05) is 47.5 Å². The minimum absolute atomic E-state index is 0.0918. The van der Waals surface area contributed by atoms with Crippen molar-refractivity contribution in [1.29, 1.82) is 0 Å². The van der Waals surface area contributed by atoms with Gasteiger partial charge in [0.1, 0.15) is 11.6 Å². The summed E-state index contributed by atoms with van der Waals surface area (Å²) >= 11 is 12.1. The van der Waals surface area contributed by atoms with Crippen LogP contribution in [-0.2, 0) is 0 Å². The molecule has 7 heteroatoms. The van der Waals surface area contributed by atoms with E-state index in [4.69, 9.17) is 23.2 Å². The fourth-order valence-corrected chi connectivity index (χ4v) is 3.86. The summed E-state index contributed by atoms with van der Waals surface area (Å²) in [7, 11) is 0. The lowest BCUT2D eigenvalue weighted by molar-refractivity contribution is 0.0746. The molecule has 0 bridgehead atoms. The maximum Gasteiger partial charge on any atom is 0.254 e. The Bertz CT molecular complexity index is 1020. The molecule has 0 atom stereocenters. The summed E-state index contributed by atoms with van der Waals surface area (Å²) in [6.45, 7) is 2.35. The van der Waals surface area contributed by atoms with Crippen molar-refractivity contribution >= 4 is 45.7 Å². The maximum absolute atomic E-state index is 12.9. The number of amides is 1. The number of rotatable bonds is 2. The van der Waals surface area contributed by atoms with Crippen molar-refractivity contribution in [2.75, 3.05) is 31.1 Å². The van der Waals surface area contributed by atoms with E-state index in [1.165, 1.54) is 6.07 Å². The highest BCUT2D eigenvalue weighted by Crippen LogP contribution is 2.29. The molecule has 0 spiro atoms. The molecule has 0 saturated carbocycles. The van der Waals surface area contributed by atoms with Gasteiger partial charge < -0.3 is 14.9 Å². The first-order valence-corrected chi connectivity index (χ1v) is 9.35. The third kappa shape index (κ3) is 3.53. The molecule has 5 nitrogen and oxygen atoms in total. The van der Waals surface area contributed by atoms with Gasteiger partial charge in [-0.2, -0.15) is 0 Å². The number of phenolic OH excluding ortho intramolecular Hbond substituents is 1. The number of benzene rings is 2. The highest BCUT2D eigenvalue weighted by Gasteiger charge is 2.24. The molecule has 1 aliphatic rings. The number of phenols is 1. The molecule has 1 amide bonds. The van der Waals surface area contributed by atoms with E-state index in [9.17, 15) is 9.90 Å². The van der Waals surface area contributed by atoms with E-state index in [0.29, 0.717) is 47.6 Å². The number of fused-ring (bicyclic) bond motifs is 1. The van der Waals surface area contributed by atoms with Gasteiger partial charge in [-0.3, -0.25) is 4.79 Å². The summed E-state index contributed by atoms with van der Waals surface area (Å²) < 4.78 is 0. The number of anilines is 1. The van der Waals surface area contributed by atoms with Crippen molar-refractivity contribution < 1.29 is 9.90 Å². The number of carbonyl (C=O) groups is 1. The Labute approximate surface area is 166 Å². The molecule has 0 radical (unpaired) electrons. The summed E-state index contributed by atoms with van der Waals surface area (Å²) in [6, 6.07) is 12.5. The van der Waals surface area contributed by atoms with Gasteiger partial charge in [-0.25, -0.2) is 4.98 Å². The van der Waals surface area contributed by atoms with Crippen LogP contribution in [0.4, 0.5) is 5.82 Å². The maximum atomic E-state index is 12.9. The van der Waals surface area contributed by atoms with Gasteiger partial charge in [0.05, 0.1) is 10.0 Å². The van der Waals surface area contributed by atoms with Gasteiger partial charge >= 0.3 is 0 Å². The number of halogens is 2. The number of aromatic hydroxyl groups is 1. The summed E-state index contributed by atoms with van der Waals surface area (Å²) in [5, 5.41) is 12.8. The average Bonchev–Trinajstić information content (AvgIpc) is 2.68. The topological polar surface area (TPSA) is 56.7 Å². The molecule has 1 saturated heterocycles. The van der Waals surface area contributed by atoms with Crippen molar-refractivity contribution in [2.45, 2.75) is 0 Å². The molecule has 1 aromatic heterocycles. The standard InChI is InChI=1S/C20H17Cl2N3O2/c21-15-11-17(22)19(23-12-15)24-5-7-25(8-6-24)20(27)14-9-13-3-1-2-4-16(13)18(26)10-14/h1-4,9-12,26H,5-8H2. The smallest absolute Gasteiger partial charge is 0.254 e. The molecule has 3 aromatic rings. The number of carbonyl (C=O) groups excluding carboxylic acids is 1. The van der Waals surface area contributed by atoms with Crippen LogP contribution in [0.15, 0.2) is 48.7 Å². The summed E-state index contributed by atoms with van der Waals surface area (Å²) in [5.41, 5.74) is 0.488. The second-order valence-corrected chi connectivity index (χ2v) is 7.30. The van der Waals surface area contributed by atoms with E-state index in [0.717, 1.165) is 10.8 Å². The first-order chi connectivity index (χ1) is 13.0. The minimum Gasteiger partial charge on any atom is -0.507 e. The van der Waals surface area contributed by atoms with Crippen LogP contribution in [0.5, 0.6) is 5.75 Å². The number of pyridine rings is 1. The zero-order valence-electron chi connectivity index (χ0n) is 14.4. The third-order valence-electron chi connectivity index (χ3n) is 4.74. The normalized spacial score (nSPS) is 14.6. The Morgan fingerprint density at radius 2 is 1.78 bits per heavy atom. The fraction of sp³-hybridized carbons (Fsp3) is 0.200. The van der Waals surface area contributed by atoms with Crippen LogP contribution in [0, 0.1) is 0 Å². The van der Waals surface area contributed by atoms with Crippen molar-refractivity contribution in [3.63, 3.8) is 0 Å². The lowest BCUT2D eigenvalue weighted by Gasteiger charge is -2.35. The first-order valence-electron chi connectivity index (χ1n) is 8.60. The molecule has 2 aromatic carbocycles. The Morgan fingerprint density at radius 1 is 1.04 bits per heavy atom. The van der Waals surface area contributed by atoms with Crippen molar-refractivity contribution in [3.8, 4) is 5.75 Å². The molecular weight excluding hydrogens is 385 g/mol. The molecule has 138 valence electrons. The van der Waals surface area contributed by atoms with Crippen LogP contribution in [0.25, 0.3) is 10.8 Å². The van der Waals surface area contributed by atoms with Gasteiger partial charge in [-0.05, 0) is 23.6 Å². The fourth-order valence-electron chi connectivity index (χ4n) is 3.36. The van der Waals surface area contributed by atoms with Crippen LogP contribution in [0.2, 0.25) is 10.0 Å². The van der Waals surface area contributed by atoms with E-state index >= 15 is 0 Å². The SMILES string of the molecule is O=C(c1cc(O)c2ccccc2c1)N1CCN(c2ncc(Cl)cc2Cl)CC1. The van der Waals surface area contributed by atoms with Gasteiger partial charge in [0.15, 0.2) is 0 Å². The number of hydrogen-bond donors (Lipinski definition) is 1. The zero-order valence-corrected chi connectivity index (χ0v) is 15.9. The van der Waals surface area contributed by atoms with Crippen LogP contribution in [-0.4, -0.2) is 47.1 Å². The second kappa shape index (κ2) is 7.25. The molecule has 1 N–H and O–H groups in total. The first kappa shape index (κ1) is 17.9. The van der Waals surface area contributed by atoms with E-state index in [1.807, 2.05) is 35.2 Å². The van der Waals surface area contributed by atoms with E-state index in [-0.39, 0.29) is 11.7 Å². The molecule has 2 heterocycles. The molecule has 27 heavy (non-hydrogen) atoms. The van der Waals surface area contributed by atoms with Crippen LogP contribution >= 0.6 is 23.2 Å². The summed E-state index contributed by atoms with van der Waals surface area (Å²) in [5.74, 6) is 0.703. The third-order valence-corrected chi connectivity index (χ3v) is 5.23. The molecule has 1 aliphatic heterocycles. The Hall–Kier alpha value is -2.50. The zero-order chi connectivity index (χ0) is 19.0. The lowest BCUT2D eigenvalue weighted by Crippen LogP contribution is -2.49. The predicted octanol–water partition coefficient (Wildman–Crippen LogP) is 4.21.